The first-order valence-electron chi connectivity index (χ1n) is 7.32. The molecule has 0 atom stereocenters. The Bertz CT molecular complexity index is 918. The number of aromatic nitrogens is 2. The molecule has 1 aromatic carbocycles. The van der Waals surface area contributed by atoms with Crippen LogP contribution in [0, 0.1) is 0 Å². The van der Waals surface area contributed by atoms with E-state index >= 15 is 0 Å². The monoisotopic (exact) mass is 377 g/mol. The molecule has 0 bridgehead atoms. The Labute approximate surface area is 148 Å². The van der Waals surface area contributed by atoms with Gasteiger partial charge in [0.2, 0.25) is 0 Å². The summed E-state index contributed by atoms with van der Waals surface area (Å²) in [5, 5.41) is 5.78. The third kappa shape index (κ3) is 4.53. The first-order chi connectivity index (χ1) is 12.0. The Hall–Kier alpha value is -2.49. The summed E-state index contributed by atoms with van der Waals surface area (Å²) in [5.41, 5.74) is 1.69. The minimum Gasteiger partial charge on any atom is -0.460 e. The Morgan fingerprint density at radius 3 is 2.64 bits per heavy atom. The average molecular weight is 377 g/mol. The highest BCUT2D eigenvalue weighted by Gasteiger charge is 2.16. The number of carbonyl (C=O) groups excluding carboxylic acids is 1. The van der Waals surface area contributed by atoms with Crippen LogP contribution in [0.4, 0.5) is 0 Å². The van der Waals surface area contributed by atoms with Gasteiger partial charge in [-0.2, -0.15) is 9.82 Å². The number of nitrogens with zero attached hydrogens (tertiary/aromatic N) is 2. The molecular weight excluding hydrogens is 362 g/mol. The molecule has 0 spiro atoms. The van der Waals surface area contributed by atoms with Crippen LogP contribution in [-0.2, 0) is 26.2 Å². The molecule has 0 amide bonds. The molecule has 0 aliphatic carbocycles. The van der Waals surface area contributed by atoms with Gasteiger partial charge >= 0.3 is 5.97 Å². The summed E-state index contributed by atoms with van der Waals surface area (Å²) >= 11 is 1.08. The van der Waals surface area contributed by atoms with Crippen molar-refractivity contribution >= 4 is 27.3 Å². The summed E-state index contributed by atoms with van der Waals surface area (Å²) in [7, 11) is -3.67. The van der Waals surface area contributed by atoms with Crippen molar-refractivity contribution in [1.82, 2.24) is 14.5 Å². The van der Waals surface area contributed by atoms with E-state index in [9.17, 15) is 13.2 Å². The summed E-state index contributed by atoms with van der Waals surface area (Å²) in [6.07, 6.45) is 3.52. The first kappa shape index (κ1) is 17.3. The van der Waals surface area contributed by atoms with Crippen LogP contribution in [0.3, 0.4) is 0 Å². The molecule has 0 aliphatic rings. The third-order valence-electron chi connectivity index (χ3n) is 3.27. The van der Waals surface area contributed by atoms with Gasteiger partial charge in [0.05, 0.1) is 5.69 Å². The van der Waals surface area contributed by atoms with Gasteiger partial charge in [0.1, 0.15) is 17.4 Å². The number of nitrogens with one attached hydrogen (secondary N) is 1. The van der Waals surface area contributed by atoms with Crippen LogP contribution in [0.15, 0.2) is 64.4 Å². The van der Waals surface area contributed by atoms with Crippen LogP contribution < -0.4 is 4.72 Å². The maximum atomic E-state index is 11.9. The molecule has 3 rings (SSSR count). The Morgan fingerprint density at radius 2 is 2.00 bits per heavy atom. The minimum atomic E-state index is -3.67. The number of carbonyl (C=O) groups is 1. The lowest BCUT2D eigenvalue weighted by Crippen LogP contribution is -2.30. The summed E-state index contributed by atoms with van der Waals surface area (Å²) in [6, 6.07) is 12.3. The van der Waals surface area contributed by atoms with Crippen LogP contribution in [-0.4, -0.2) is 30.7 Å². The summed E-state index contributed by atoms with van der Waals surface area (Å²) < 4.78 is 33.0. The molecule has 0 saturated carbocycles. The Kier molecular flexibility index (Phi) is 5.27. The van der Waals surface area contributed by atoms with Crippen LogP contribution in [0.2, 0.25) is 0 Å². The molecule has 0 aliphatic heterocycles. The van der Waals surface area contributed by atoms with Crippen LogP contribution in [0.5, 0.6) is 0 Å². The molecule has 0 unspecified atom stereocenters. The van der Waals surface area contributed by atoms with Gasteiger partial charge in [-0.15, -0.1) is 11.3 Å². The van der Waals surface area contributed by atoms with E-state index in [-0.39, 0.29) is 10.8 Å². The fourth-order valence-electron chi connectivity index (χ4n) is 2.02. The SMILES string of the molecule is O=C(CNS(=O)(=O)c1cccs1)OCc1ccc(-n2cccn2)cc1. The molecule has 3 aromatic rings. The zero-order valence-electron chi connectivity index (χ0n) is 13.0. The zero-order chi connectivity index (χ0) is 17.7. The van der Waals surface area contributed by atoms with Crippen molar-refractivity contribution in [3.63, 3.8) is 0 Å². The number of ether oxygens (including phenoxy) is 1. The smallest absolute Gasteiger partial charge is 0.321 e. The molecule has 25 heavy (non-hydrogen) atoms. The second kappa shape index (κ2) is 7.60. The van der Waals surface area contributed by atoms with E-state index in [4.69, 9.17) is 4.74 Å². The number of benzene rings is 1. The predicted molar refractivity (Wildman–Crippen MR) is 92.9 cm³/mol. The fourth-order valence-corrected chi connectivity index (χ4v) is 4.03. The van der Waals surface area contributed by atoms with Crippen LogP contribution >= 0.6 is 11.3 Å². The molecule has 1 N–H and O–H groups in total. The van der Waals surface area contributed by atoms with E-state index in [1.807, 2.05) is 36.5 Å². The normalized spacial score (nSPS) is 11.4. The quantitative estimate of drug-likeness (QED) is 0.636. The van der Waals surface area contributed by atoms with E-state index in [0.717, 1.165) is 22.6 Å². The fraction of sp³-hybridized carbons (Fsp3) is 0.125. The second-order valence-electron chi connectivity index (χ2n) is 5.03. The van der Waals surface area contributed by atoms with Crippen molar-refractivity contribution < 1.29 is 17.9 Å². The van der Waals surface area contributed by atoms with Gasteiger partial charge in [0, 0.05) is 12.4 Å². The standard InChI is InChI=1S/C16H15N3O4S2/c20-15(11-18-25(21,22)16-3-1-10-24-16)23-12-13-4-6-14(7-5-13)19-9-2-8-17-19/h1-10,18H,11-12H2. The summed E-state index contributed by atoms with van der Waals surface area (Å²) in [4.78, 5) is 11.7. The summed E-state index contributed by atoms with van der Waals surface area (Å²) in [5.74, 6) is -0.642. The number of thiophene rings is 1. The number of rotatable bonds is 7. The van der Waals surface area contributed by atoms with E-state index in [1.54, 1.807) is 22.3 Å². The number of esters is 1. The molecule has 0 radical (unpaired) electrons. The molecule has 0 saturated heterocycles. The minimum absolute atomic E-state index is 0.0684. The lowest BCUT2D eigenvalue weighted by atomic mass is 10.2. The third-order valence-corrected chi connectivity index (χ3v) is 6.07. The van der Waals surface area contributed by atoms with Crippen molar-refractivity contribution in [3.8, 4) is 5.69 Å². The van der Waals surface area contributed by atoms with Crippen molar-refractivity contribution in [1.29, 1.82) is 0 Å². The topological polar surface area (TPSA) is 90.3 Å². The van der Waals surface area contributed by atoms with Gasteiger partial charge in [0.15, 0.2) is 0 Å². The molecule has 2 aromatic heterocycles. The molecule has 130 valence electrons. The molecule has 7 nitrogen and oxygen atoms in total. The van der Waals surface area contributed by atoms with Crippen LogP contribution in [0.25, 0.3) is 5.69 Å². The van der Waals surface area contributed by atoms with Gasteiger partial charge in [0.25, 0.3) is 10.0 Å². The van der Waals surface area contributed by atoms with E-state index in [2.05, 4.69) is 9.82 Å². The van der Waals surface area contributed by atoms with E-state index in [1.165, 1.54) is 6.07 Å². The van der Waals surface area contributed by atoms with Crippen molar-refractivity contribution in [2.24, 2.45) is 0 Å². The highest BCUT2D eigenvalue weighted by atomic mass is 32.2. The van der Waals surface area contributed by atoms with E-state index in [0.29, 0.717) is 0 Å². The van der Waals surface area contributed by atoms with Crippen molar-refractivity contribution in [3.05, 3.63) is 65.8 Å². The molecular formula is C16H15N3O4S2. The Morgan fingerprint density at radius 1 is 1.20 bits per heavy atom. The second-order valence-corrected chi connectivity index (χ2v) is 7.98. The average Bonchev–Trinajstić information content (AvgIpc) is 3.32. The molecule has 2 heterocycles. The lowest BCUT2D eigenvalue weighted by Gasteiger charge is -2.07. The van der Waals surface area contributed by atoms with Gasteiger partial charge in [-0.1, -0.05) is 18.2 Å². The van der Waals surface area contributed by atoms with Gasteiger partial charge in [-0.05, 0) is 35.2 Å². The van der Waals surface area contributed by atoms with Gasteiger partial charge in [-0.25, -0.2) is 13.1 Å². The van der Waals surface area contributed by atoms with Gasteiger partial charge in [-0.3, -0.25) is 4.79 Å². The summed E-state index contributed by atoms with van der Waals surface area (Å²) in [6.45, 7) is -0.343. The largest absolute Gasteiger partial charge is 0.460 e. The lowest BCUT2D eigenvalue weighted by molar-refractivity contribution is -0.143. The predicted octanol–water partition coefficient (Wildman–Crippen LogP) is 1.96. The van der Waals surface area contributed by atoms with Crippen molar-refractivity contribution in [2.75, 3.05) is 6.54 Å². The molecule has 9 heteroatoms. The Balaban J connectivity index is 1.49. The van der Waals surface area contributed by atoms with E-state index < -0.39 is 22.5 Å². The van der Waals surface area contributed by atoms with Crippen LogP contribution in [0.1, 0.15) is 5.56 Å². The highest BCUT2D eigenvalue weighted by Crippen LogP contribution is 2.15. The van der Waals surface area contributed by atoms with Gasteiger partial charge < -0.3 is 4.74 Å². The maximum Gasteiger partial charge on any atom is 0.321 e. The first-order valence-corrected chi connectivity index (χ1v) is 9.69. The number of hydrogen-bond acceptors (Lipinski definition) is 6. The van der Waals surface area contributed by atoms with Crippen molar-refractivity contribution in [2.45, 2.75) is 10.8 Å². The molecule has 0 fully saturated rings. The number of sulfonamides is 1. The maximum absolute atomic E-state index is 11.9. The highest BCUT2D eigenvalue weighted by molar-refractivity contribution is 7.91. The zero-order valence-corrected chi connectivity index (χ0v) is 14.7. The number of hydrogen-bond donors (Lipinski definition) is 1.